The highest BCUT2D eigenvalue weighted by atomic mass is 31.1. The molecule has 2 nitrogen and oxygen atoms in total. The average molecular weight is 399 g/mol. The van der Waals surface area contributed by atoms with Gasteiger partial charge in [0.05, 0.1) is 0 Å². The van der Waals surface area contributed by atoms with Crippen molar-refractivity contribution in [2.24, 2.45) is 0 Å². The summed E-state index contributed by atoms with van der Waals surface area (Å²) in [5.41, 5.74) is 0. The number of Topliss-reactive ketones (excluding diaryl/α,β-unsaturated/α-hetero) is 2. The van der Waals surface area contributed by atoms with E-state index in [0.717, 1.165) is 25.7 Å². The second kappa shape index (κ2) is 7.55. The lowest BCUT2D eigenvalue weighted by Gasteiger charge is -2.50. The predicted molar refractivity (Wildman–Crippen MR) is 118 cm³/mol. The van der Waals surface area contributed by atoms with Crippen LogP contribution in [-0.2, 0) is 9.59 Å². The molecule has 2 fully saturated rings. The normalized spacial score (nSPS) is 28.3. The van der Waals surface area contributed by atoms with E-state index in [2.05, 4.69) is 55.4 Å². The van der Waals surface area contributed by atoms with Crippen LogP contribution in [0.1, 0.15) is 93.9 Å². The minimum absolute atomic E-state index is 0.137. The SMILES string of the molecule is CC1(C)CC(=O)CC(C)(C)P1CCCCP1C(C)(C)CC(=O)CC1(C)C. The van der Waals surface area contributed by atoms with Gasteiger partial charge in [-0.15, -0.1) is 0 Å². The summed E-state index contributed by atoms with van der Waals surface area (Å²) in [7, 11) is -0.273. The molecule has 150 valence electrons. The third-order valence-electron chi connectivity index (χ3n) is 6.46. The number of rotatable bonds is 5. The number of carbonyl (C=O) groups is 2. The standard InChI is InChI=1S/C22H40O2P2/c1-19(2)13-17(23)14-20(3,4)25(19)11-9-10-12-26-21(5,6)15-18(24)16-22(26,7)8/h9-16H2,1-8H3. The third-order valence-corrected chi connectivity index (χ3v) is 14.5. The number of hydrogen-bond acceptors (Lipinski definition) is 2. The molecule has 0 unspecified atom stereocenters. The summed E-state index contributed by atoms with van der Waals surface area (Å²) in [6, 6.07) is 0. The molecule has 0 aliphatic carbocycles. The Labute approximate surface area is 164 Å². The van der Waals surface area contributed by atoms with Gasteiger partial charge in [0.1, 0.15) is 11.6 Å². The smallest absolute Gasteiger partial charge is 0.134 e. The highest BCUT2D eigenvalue weighted by molar-refractivity contribution is 7.61. The van der Waals surface area contributed by atoms with Gasteiger partial charge in [0.25, 0.3) is 0 Å². The zero-order valence-corrected chi connectivity index (χ0v) is 20.2. The summed E-state index contributed by atoms with van der Waals surface area (Å²) < 4.78 is 0. The van der Waals surface area contributed by atoms with Crippen molar-refractivity contribution < 1.29 is 9.59 Å². The van der Waals surface area contributed by atoms with Gasteiger partial charge in [-0.1, -0.05) is 71.2 Å². The first-order valence-electron chi connectivity index (χ1n) is 10.3. The first-order chi connectivity index (χ1) is 11.7. The molecule has 0 radical (unpaired) electrons. The lowest BCUT2D eigenvalue weighted by molar-refractivity contribution is -0.121. The molecule has 0 N–H and O–H groups in total. The van der Waals surface area contributed by atoms with Crippen LogP contribution in [0, 0.1) is 0 Å². The quantitative estimate of drug-likeness (QED) is 0.388. The fraction of sp³-hybridized carbons (Fsp3) is 0.909. The molecule has 0 aromatic rings. The van der Waals surface area contributed by atoms with Crippen molar-refractivity contribution in [2.45, 2.75) is 115 Å². The minimum Gasteiger partial charge on any atom is -0.300 e. The van der Waals surface area contributed by atoms with E-state index in [1.807, 2.05) is 0 Å². The highest BCUT2D eigenvalue weighted by Gasteiger charge is 2.47. The molecule has 0 aromatic carbocycles. The minimum atomic E-state index is -0.137. The van der Waals surface area contributed by atoms with Crippen LogP contribution in [0.5, 0.6) is 0 Å². The molecule has 0 saturated carbocycles. The second-order valence-electron chi connectivity index (χ2n) is 11.0. The van der Waals surface area contributed by atoms with E-state index in [-0.39, 0.29) is 36.5 Å². The Hall–Kier alpha value is 0.200. The molecule has 4 heteroatoms. The van der Waals surface area contributed by atoms with Crippen molar-refractivity contribution >= 4 is 27.4 Å². The molecule has 2 aliphatic rings. The largest absolute Gasteiger partial charge is 0.300 e. The fourth-order valence-corrected chi connectivity index (χ4v) is 14.1. The maximum absolute atomic E-state index is 12.1. The van der Waals surface area contributed by atoms with Crippen LogP contribution < -0.4 is 0 Å². The first kappa shape index (κ1) is 22.5. The van der Waals surface area contributed by atoms with Crippen molar-refractivity contribution in [2.75, 3.05) is 12.3 Å². The van der Waals surface area contributed by atoms with Gasteiger partial charge in [-0.2, -0.15) is 0 Å². The fourth-order valence-electron chi connectivity index (χ4n) is 5.83. The Kier molecular flexibility index (Phi) is 6.53. The van der Waals surface area contributed by atoms with E-state index in [9.17, 15) is 9.59 Å². The van der Waals surface area contributed by atoms with Crippen LogP contribution in [0.15, 0.2) is 0 Å². The number of ketones is 2. The molecule has 0 atom stereocenters. The Morgan fingerprint density at radius 2 is 0.808 bits per heavy atom. The first-order valence-corrected chi connectivity index (χ1v) is 13.3. The van der Waals surface area contributed by atoms with Gasteiger partial charge in [0.15, 0.2) is 0 Å². The Bertz CT molecular complexity index is 470. The third kappa shape index (κ3) is 4.97. The van der Waals surface area contributed by atoms with E-state index in [4.69, 9.17) is 0 Å². The molecule has 0 spiro atoms. The molecule has 0 bridgehead atoms. The van der Waals surface area contributed by atoms with E-state index in [0.29, 0.717) is 11.6 Å². The molecule has 2 aliphatic heterocycles. The topological polar surface area (TPSA) is 34.1 Å². The summed E-state index contributed by atoms with van der Waals surface area (Å²) in [6.07, 6.45) is 8.26. The molecule has 2 rings (SSSR count). The van der Waals surface area contributed by atoms with Gasteiger partial charge in [-0.05, 0) is 45.8 Å². The lowest BCUT2D eigenvalue weighted by Crippen LogP contribution is -2.41. The molecule has 2 heterocycles. The van der Waals surface area contributed by atoms with Crippen molar-refractivity contribution in [3.05, 3.63) is 0 Å². The maximum atomic E-state index is 12.1. The predicted octanol–water partition coefficient (Wildman–Crippen LogP) is 6.57. The van der Waals surface area contributed by atoms with Crippen LogP contribution in [0.3, 0.4) is 0 Å². The molecule has 26 heavy (non-hydrogen) atoms. The molecule has 2 saturated heterocycles. The molecular weight excluding hydrogens is 358 g/mol. The maximum Gasteiger partial charge on any atom is 0.134 e. The monoisotopic (exact) mass is 398 g/mol. The molecule has 0 amide bonds. The summed E-state index contributed by atoms with van der Waals surface area (Å²) in [4.78, 5) is 24.3. The number of unbranched alkanes of at least 4 members (excludes halogenated alkanes) is 1. The van der Waals surface area contributed by atoms with Gasteiger partial charge in [0, 0.05) is 25.7 Å². The van der Waals surface area contributed by atoms with Crippen molar-refractivity contribution in [1.82, 2.24) is 0 Å². The van der Waals surface area contributed by atoms with Crippen LogP contribution in [0.25, 0.3) is 0 Å². The second-order valence-corrected chi connectivity index (χ2v) is 18.5. The summed E-state index contributed by atoms with van der Waals surface area (Å²) in [6.45, 7) is 18.6. The summed E-state index contributed by atoms with van der Waals surface area (Å²) in [5.74, 6) is 0.912. The van der Waals surface area contributed by atoms with E-state index >= 15 is 0 Å². The van der Waals surface area contributed by atoms with E-state index < -0.39 is 0 Å². The Morgan fingerprint density at radius 3 is 1.04 bits per heavy atom. The van der Waals surface area contributed by atoms with Crippen LogP contribution >= 0.6 is 15.8 Å². The zero-order chi connectivity index (χ0) is 20.0. The van der Waals surface area contributed by atoms with Crippen molar-refractivity contribution in [3.63, 3.8) is 0 Å². The summed E-state index contributed by atoms with van der Waals surface area (Å²) in [5, 5.41) is 0.759. The van der Waals surface area contributed by atoms with Gasteiger partial charge < -0.3 is 0 Å². The molecule has 0 aromatic heterocycles. The lowest BCUT2D eigenvalue weighted by atomic mass is 9.96. The van der Waals surface area contributed by atoms with Gasteiger partial charge in [-0.25, -0.2) is 0 Å². The van der Waals surface area contributed by atoms with Crippen LogP contribution in [-0.4, -0.2) is 44.5 Å². The zero-order valence-electron chi connectivity index (χ0n) is 18.4. The van der Waals surface area contributed by atoms with E-state index in [1.54, 1.807) is 0 Å². The average Bonchev–Trinajstić information content (AvgIpc) is 2.35. The van der Waals surface area contributed by atoms with Crippen molar-refractivity contribution in [1.29, 1.82) is 0 Å². The highest BCUT2D eigenvalue weighted by Crippen LogP contribution is 2.67. The van der Waals surface area contributed by atoms with Crippen LogP contribution in [0.2, 0.25) is 0 Å². The van der Waals surface area contributed by atoms with E-state index in [1.165, 1.54) is 25.2 Å². The van der Waals surface area contributed by atoms with Gasteiger partial charge in [-0.3, -0.25) is 9.59 Å². The summed E-state index contributed by atoms with van der Waals surface area (Å²) >= 11 is 0. The number of hydrogen-bond donors (Lipinski definition) is 0. The molecular formula is C22H40O2P2. The van der Waals surface area contributed by atoms with Crippen molar-refractivity contribution in [3.8, 4) is 0 Å². The van der Waals surface area contributed by atoms with Gasteiger partial charge >= 0.3 is 0 Å². The van der Waals surface area contributed by atoms with Crippen LogP contribution in [0.4, 0.5) is 0 Å². The Morgan fingerprint density at radius 1 is 0.577 bits per heavy atom. The Balaban J connectivity index is 1.95. The number of carbonyl (C=O) groups excluding carboxylic acids is 2. The van der Waals surface area contributed by atoms with Gasteiger partial charge in [0.2, 0.25) is 0 Å².